The molecule has 15 heavy (non-hydrogen) atoms. The maximum atomic E-state index is 3.63. The highest BCUT2D eigenvalue weighted by molar-refractivity contribution is 5.16. The van der Waals surface area contributed by atoms with E-state index < -0.39 is 0 Å². The first kappa shape index (κ1) is 10.7. The Morgan fingerprint density at radius 2 is 2.00 bits per heavy atom. The summed E-state index contributed by atoms with van der Waals surface area (Å²) in [6, 6.07) is 11.6. The Bertz CT molecular complexity index is 291. The molecule has 82 valence electrons. The highest BCUT2D eigenvalue weighted by Gasteiger charge is 2.28. The number of rotatable bonds is 3. The summed E-state index contributed by atoms with van der Waals surface area (Å²) in [7, 11) is 0. The minimum Gasteiger partial charge on any atom is -0.313 e. The normalized spacial score (nSPS) is 26.1. The lowest BCUT2D eigenvalue weighted by atomic mass is 9.87. The van der Waals surface area contributed by atoms with Crippen LogP contribution in [0.2, 0.25) is 0 Å². The lowest BCUT2D eigenvalue weighted by Gasteiger charge is -2.23. The predicted molar refractivity (Wildman–Crippen MR) is 64.9 cm³/mol. The summed E-state index contributed by atoms with van der Waals surface area (Å²) < 4.78 is 0. The van der Waals surface area contributed by atoms with E-state index in [1.165, 1.54) is 24.9 Å². The third kappa shape index (κ3) is 2.60. The average Bonchev–Trinajstić information content (AvgIpc) is 2.67. The van der Waals surface area contributed by atoms with Gasteiger partial charge in [-0.3, -0.25) is 0 Å². The molecule has 0 radical (unpaired) electrons. The summed E-state index contributed by atoms with van der Waals surface area (Å²) in [6.07, 6.45) is 2.56. The zero-order chi connectivity index (χ0) is 10.7. The number of nitrogens with one attached hydrogen (secondary N) is 1. The van der Waals surface area contributed by atoms with E-state index in [2.05, 4.69) is 49.5 Å². The molecule has 1 aromatic carbocycles. The van der Waals surface area contributed by atoms with Crippen molar-refractivity contribution in [1.82, 2.24) is 5.32 Å². The van der Waals surface area contributed by atoms with Crippen molar-refractivity contribution < 1.29 is 0 Å². The van der Waals surface area contributed by atoms with Crippen molar-refractivity contribution in [2.24, 2.45) is 11.8 Å². The Hall–Kier alpha value is -0.820. The highest BCUT2D eigenvalue weighted by atomic mass is 15.0. The summed E-state index contributed by atoms with van der Waals surface area (Å²) >= 11 is 0. The molecule has 0 bridgehead atoms. The van der Waals surface area contributed by atoms with E-state index in [1.807, 2.05) is 0 Å². The van der Waals surface area contributed by atoms with Crippen molar-refractivity contribution in [3.63, 3.8) is 0 Å². The van der Waals surface area contributed by atoms with Crippen molar-refractivity contribution in [2.75, 3.05) is 6.54 Å². The van der Waals surface area contributed by atoms with Crippen molar-refractivity contribution in [3.05, 3.63) is 35.9 Å². The van der Waals surface area contributed by atoms with Crippen molar-refractivity contribution in [3.8, 4) is 0 Å². The molecule has 2 atom stereocenters. The minimum absolute atomic E-state index is 0.713. The maximum Gasteiger partial charge on any atom is 0.0122 e. The summed E-state index contributed by atoms with van der Waals surface area (Å²) in [5, 5.41) is 3.63. The summed E-state index contributed by atoms with van der Waals surface area (Å²) in [5.74, 6) is 1.58. The first-order valence-electron chi connectivity index (χ1n) is 6.04. The quantitative estimate of drug-likeness (QED) is 0.796. The molecule has 0 spiro atoms. The van der Waals surface area contributed by atoms with E-state index in [9.17, 15) is 0 Å². The Morgan fingerprint density at radius 1 is 1.27 bits per heavy atom. The molecule has 1 heteroatoms. The second kappa shape index (κ2) is 4.80. The van der Waals surface area contributed by atoms with Crippen molar-refractivity contribution in [2.45, 2.75) is 32.7 Å². The predicted octanol–water partition coefficient (Wildman–Crippen LogP) is 2.86. The number of hydrogen-bond acceptors (Lipinski definition) is 1. The molecule has 1 aliphatic heterocycles. The number of hydrogen-bond donors (Lipinski definition) is 1. The minimum atomic E-state index is 0.713. The van der Waals surface area contributed by atoms with Crippen LogP contribution in [-0.4, -0.2) is 12.6 Å². The van der Waals surface area contributed by atoms with Gasteiger partial charge in [-0.25, -0.2) is 0 Å². The molecule has 0 aromatic heterocycles. The zero-order valence-electron chi connectivity index (χ0n) is 9.74. The summed E-state index contributed by atoms with van der Waals surface area (Å²) in [5.41, 5.74) is 1.48. The lowest BCUT2D eigenvalue weighted by Crippen LogP contribution is -2.33. The second-order valence-corrected chi connectivity index (χ2v) is 4.96. The molecule has 1 aromatic rings. The van der Waals surface area contributed by atoms with Crippen LogP contribution in [0.5, 0.6) is 0 Å². The third-order valence-electron chi connectivity index (χ3n) is 3.46. The van der Waals surface area contributed by atoms with Crippen LogP contribution in [-0.2, 0) is 6.42 Å². The fraction of sp³-hybridized carbons (Fsp3) is 0.571. The molecule has 1 saturated heterocycles. The van der Waals surface area contributed by atoms with Crippen LogP contribution < -0.4 is 5.32 Å². The maximum absolute atomic E-state index is 3.63. The van der Waals surface area contributed by atoms with Gasteiger partial charge in [0.2, 0.25) is 0 Å². The average molecular weight is 203 g/mol. The molecule has 0 saturated carbocycles. The molecule has 2 unspecified atom stereocenters. The fourth-order valence-corrected chi connectivity index (χ4v) is 2.71. The van der Waals surface area contributed by atoms with Gasteiger partial charge < -0.3 is 5.32 Å². The van der Waals surface area contributed by atoms with Gasteiger partial charge in [0.25, 0.3) is 0 Å². The van der Waals surface area contributed by atoms with Gasteiger partial charge in [-0.05, 0) is 36.8 Å². The van der Waals surface area contributed by atoms with Crippen molar-refractivity contribution >= 4 is 0 Å². The van der Waals surface area contributed by atoms with Gasteiger partial charge in [0.05, 0.1) is 0 Å². The summed E-state index contributed by atoms with van der Waals surface area (Å²) in [4.78, 5) is 0. The molecule has 1 heterocycles. The molecule has 1 N–H and O–H groups in total. The van der Waals surface area contributed by atoms with E-state index in [-0.39, 0.29) is 0 Å². The molecular formula is C14H21N. The van der Waals surface area contributed by atoms with Crippen LogP contribution in [0.3, 0.4) is 0 Å². The monoisotopic (exact) mass is 203 g/mol. The van der Waals surface area contributed by atoms with Crippen LogP contribution in [0.15, 0.2) is 30.3 Å². The van der Waals surface area contributed by atoms with E-state index in [1.54, 1.807) is 0 Å². The fourth-order valence-electron chi connectivity index (χ4n) is 2.71. The topological polar surface area (TPSA) is 12.0 Å². The Morgan fingerprint density at radius 3 is 2.67 bits per heavy atom. The SMILES string of the molecule is CC(C)C1NCCC1Cc1ccccc1. The van der Waals surface area contributed by atoms with Gasteiger partial charge in [0.1, 0.15) is 0 Å². The largest absolute Gasteiger partial charge is 0.313 e. The lowest BCUT2D eigenvalue weighted by molar-refractivity contribution is 0.353. The second-order valence-electron chi connectivity index (χ2n) is 4.96. The van der Waals surface area contributed by atoms with Crippen LogP contribution in [0.1, 0.15) is 25.8 Å². The zero-order valence-corrected chi connectivity index (χ0v) is 9.74. The van der Waals surface area contributed by atoms with E-state index >= 15 is 0 Å². The van der Waals surface area contributed by atoms with Gasteiger partial charge in [0, 0.05) is 6.04 Å². The smallest absolute Gasteiger partial charge is 0.0122 e. The van der Waals surface area contributed by atoms with Crippen LogP contribution in [0.4, 0.5) is 0 Å². The third-order valence-corrected chi connectivity index (χ3v) is 3.46. The molecule has 1 aliphatic rings. The Labute approximate surface area is 92.9 Å². The molecule has 0 aliphatic carbocycles. The first-order chi connectivity index (χ1) is 7.27. The van der Waals surface area contributed by atoms with Crippen LogP contribution in [0.25, 0.3) is 0 Å². The molecule has 1 fully saturated rings. The van der Waals surface area contributed by atoms with Gasteiger partial charge in [-0.1, -0.05) is 44.2 Å². The van der Waals surface area contributed by atoms with E-state index in [4.69, 9.17) is 0 Å². The summed E-state index contributed by atoms with van der Waals surface area (Å²) in [6.45, 7) is 5.84. The number of benzene rings is 1. The molecule has 0 amide bonds. The molecular weight excluding hydrogens is 182 g/mol. The van der Waals surface area contributed by atoms with Crippen LogP contribution >= 0.6 is 0 Å². The van der Waals surface area contributed by atoms with Gasteiger partial charge >= 0.3 is 0 Å². The van der Waals surface area contributed by atoms with Gasteiger partial charge in [0.15, 0.2) is 0 Å². The highest BCUT2D eigenvalue weighted by Crippen LogP contribution is 2.25. The van der Waals surface area contributed by atoms with E-state index in [0.29, 0.717) is 6.04 Å². The Balaban J connectivity index is 2.00. The first-order valence-corrected chi connectivity index (χ1v) is 6.04. The van der Waals surface area contributed by atoms with Gasteiger partial charge in [-0.15, -0.1) is 0 Å². The Kier molecular flexibility index (Phi) is 3.42. The van der Waals surface area contributed by atoms with Crippen LogP contribution in [0, 0.1) is 11.8 Å². The van der Waals surface area contributed by atoms with E-state index in [0.717, 1.165) is 11.8 Å². The molecule has 1 nitrogen and oxygen atoms in total. The van der Waals surface area contributed by atoms with Crippen molar-refractivity contribution in [1.29, 1.82) is 0 Å². The molecule has 2 rings (SSSR count). The standard InChI is InChI=1S/C14H21N/c1-11(2)14-13(8-9-15-14)10-12-6-4-3-5-7-12/h3-7,11,13-15H,8-10H2,1-2H3. The van der Waals surface area contributed by atoms with Gasteiger partial charge in [-0.2, -0.15) is 0 Å².